The van der Waals surface area contributed by atoms with Gasteiger partial charge in [-0.15, -0.1) is 0 Å². The Hall–Kier alpha value is -4.47. The summed E-state index contributed by atoms with van der Waals surface area (Å²) in [5.74, 6) is -0.458. The number of anilines is 1. The molecule has 0 spiro atoms. The van der Waals surface area contributed by atoms with E-state index in [1.54, 1.807) is 81.6 Å². The van der Waals surface area contributed by atoms with Gasteiger partial charge in [-0.05, 0) is 87.2 Å². The van der Waals surface area contributed by atoms with Gasteiger partial charge in [0.05, 0.1) is 46.0 Å². The molecule has 2 atom stereocenters. The average Bonchev–Trinajstić information content (AvgIpc) is 3.15. The largest absolute Gasteiger partial charge is 0.491 e. The van der Waals surface area contributed by atoms with Gasteiger partial charge in [-0.25, -0.2) is 9.78 Å². The maximum absolute atomic E-state index is 14.0. The van der Waals surface area contributed by atoms with Gasteiger partial charge < -0.3 is 40.1 Å². The fraction of sp³-hybridized carbons (Fsp3) is 0.475. The number of halogens is 2. The Morgan fingerprint density at radius 2 is 1.55 bits per heavy atom. The van der Waals surface area contributed by atoms with E-state index in [2.05, 4.69) is 15.6 Å². The number of nitrogens with two attached hydrogens (primary N) is 1. The molecule has 4 N–H and O–H groups in total. The smallest absolute Gasteiger partial charge is 0.416 e. The summed E-state index contributed by atoms with van der Waals surface area (Å²) in [5, 5.41) is 6.39. The third-order valence-corrected chi connectivity index (χ3v) is 8.36. The summed E-state index contributed by atoms with van der Waals surface area (Å²) >= 11 is 12.5. The van der Waals surface area contributed by atoms with Crippen molar-refractivity contribution in [2.24, 2.45) is 5.73 Å². The Labute approximate surface area is 338 Å². The quantitative estimate of drug-likeness (QED) is 0.0776. The molecule has 0 aliphatic carbocycles. The van der Waals surface area contributed by atoms with Crippen LogP contribution in [0.5, 0.6) is 5.75 Å². The number of nitrogens with zero attached hydrogens (tertiary/aromatic N) is 2. The number of nitrogens with one attached hydrogen (secondary N) is 2. The number of ether oxygens (including phenoxy) is 5. The molecule has 3 rings (SSSR count). The molecule has 1 unspecified atom stereocenters. The predicted molar refractivity (Wildman–Crippen MR) is 214 cm³/mol. The van der Waals surface area contributed by atoms with Crippen LogP contribution in [-0.4, -0.2) is 93.7 Å². The van der Waals surface area contributed by atoms with Crippen LogP contribution in [0.3, 0.4) is 0 Å². The highest BCUT2D eigenvalue weighted by Crippen LogP contribution is 2.26. The number of carbonyl (C=O) groups is 4. The van der Waals surface area contributed by atoms with Crippen molar-refractivity contribution >= 4 is 52.9 Å². The lowest BCUT2D eigenvalue weighted by atomic mass is 10.0. The lowest BCUT2D eigenvalue weighted by molar-refractivity contribution is -0.141. The van der Waals surface area contributed by atoms with Crippen molar-refractivity contribution in [1.82, 2.24) is 15.6 Å². The summed E-state index contributed by atoms with van der Waals surface area (Å²) in [6.45, 7) is 8.10. The number of aromatic nitrogens is 1. The first-order valence-corrected chi connectivity index (χ1v) is 19.1. The molecule has 306 valence electrons. The molecule has 14 nitrogen and oxygen atoms in total. The van der Waals surface area contributed by atoms with Gasteiger partial charge in [-0.1, -0.05) is 41.4 Å². The van der Waals surface area contributed by atoms with Crippen molar-refractivity contribution in [3.63, 3.8) is 0 Å². The van der Waals surface area contributed by atoms with Crippen molar-refractivity contribution in [1.29, 1.82) is 0 Å². The van der Waals surface area contributed by atoms with E-state index in [0.29, 0.717) is 79.6 Å². The number of hydrogen-bond donors (Lipinski definition) is 3. The molecule has 0 saturated heterocycles. The molecule has 3 amide bonds. The lowest BCUT2D eigenvalue weighted by Crippen LogP contribution is -2.49. The second-order valence-corrected chi connectivity index (χ2v) is 14.5. The molecule has 3 aromatic rings. The van der Waals surface area contributed by atoms with Gasteiger partial charge in [0.1, 0.15) is 29.8 Å². The minimum absolute atomic E-state index is 0.0671. The number of esters is 1. The SMILES string of the molecule is COC(=O)CC(NC(=O)[C@H](Cc1ccc(OCCOCCOCCN)cc1)NC(=O)CCCCN(C(=O)OC(C)(C)C)c1ccccn1)c1cc(Cl)cc(Cl)c1. The number of amides is 3. The van der Waals surface area contributed by atoms with E-state index in [1.807, 2.05) is 0 Å². The van der Waals surface area contributed by atoms with Crippen LogP contribution < -0.4 is 26.0 Å². The molecule has 1 aromatic heterocycles. The maximum atomic E-state index is 14.0. The highest BCUT2D eigenvalue weighted by molar-refractivity contribution is 6.34. The van der Waals surface area contributed by atoms with Crippen LogP contribution in [0, 0.1) is 0 Å². The van der Waals surface area contributed by atoms with Crippen molar-refractivity contribution in [3.05, 3.63) is 88.0 Å². The molecule has 0 radical (unpaired) electrons. The van der Waals surface area contributed by atoms with Crippen LogP contribution in [-0.2, 0) is 39.8 Å². The van der Waals surface area contributed by atoms with E-state index in [-0.39, 0.29) is 31.7 Å². The number of pyridine rings is 1. The zero-order valence-corrected chi connectivity index (χ0v) is 33.9. The van der Waals surface area contributed by atoms with E-state index in [4.69, 9.17) is 52.6 Å². The lowest BCUT2D eigenvalue weighted by Gasteiger charge is -2.26. The zero-order valence-electron chi connectivity index (χ0n) is 32.4. The number of unbranched alkanes of at least 4 members (excludes halogenated alkanes) is 1. The van der Waals surface area contributed by atoms with Crippen molar-refractivity contribution in [3.8, 4) is 5.75 Å². The third-order valence-electron chi connectivity index (χ3n) is 7.92. The minimum atomic E-state index is -1.04. The van der Waals surface area contributed by atoms with E-state index >= 15 is 0 Å². The third kappa shape index (κ3) is 17.5. The summed E-state index contributed by atoms with van der Waals surface area (Å²) in [5.41, 5.74) is 5.92. The van der Waals surface area contributed by atoms with Crippen molar-refractivity contribution in [2.75, 3.05) is 58.1 Å². The van der Waals surface area contributed by atoms with Crippen LogP contribution in [0.4, 0.5) is 10.6 Å². The normalized spacial score (nSPS) is 12.3. The van der Waals surface area contributed by atoms with Crippen LogP contribution >= 0.6 is 23.2 Å². The van der Waals surface area contributed by atoms with Crippen molar-refractivity contribution < 1.29 is 42.9 Å². The van der Waals surface area contributed by atoms with Gasteiger partial charge in [-0.2, -0.15) is 0 Å². The van der Waals surface area contributed by atoms with Gasteiger partial charge in [0.2, 0.25) is 11.8 Å². The highest BCUT2D eigenvalue weighted by Gasteiger charge is 2.27. The predicted octanol–water partition coefficient (Wildman–Crippen LogP) is 5.82. The summed E-state index contributed by atoms with van der Waals surface area (Å²) < 4.78 is 27.0. The number of methoxy groups -OCH3 is 1. The molecule has 0 aliphatic heterocycles. The maximum Gasteiger partial charge on any atom is 0.416 e. The van der Waals surface area contributed by atoms with Gasteiger partial charge in [0.15, 0.2) is 0 Å². The Kier molecular flexibility index (Phi) is 19.9. The highest BCUT2D eigenvalue weighted by atomic mass is 35.5. The van der Waals surface area contributed by atoms with E-state index in [1.165, 1.54) is 18.1 Å². The number of benzene rings is 2. The topological polar surface area (TPSA) is 181 Å². The first kappa shape index (κ1) is 45.9. The van der Waals surface area contributed by atoms with E-state index in [0.717, 1.165) is 5.56 Å². The van der Waals surface area contributed by atoms with Crippen LogP contribution in [0.25, 0.3) is 0 Å². The average molecular weight is 819 g/mol. The van der Waals surface area contributed by atoms with Gasteiger partial charge in [-0.3, -0.25) is 19.3 Å². The summed E-state index contributed by atoms with van der Waals surface area (Å²) in [6, 6.07) is 15.2. The van der Waals surface area contributed by atoms with Gasteiger partial charge in [0, 0.05) is 42.2 Å². The molecule has 56 heavy (non-hydrogen) atoms. The second kappa shape index (κ2) is 24.2. The molecule has 0 saturated carbocycles. The van der Waals surface area contributed by atoms with E-state index < -0.39 is 35.7 Å². The van der Waals surface area contributed by atoms with Crippen LogP contribution in [0.2, 0.25) is 10.0 Å². The Bertz CT molecular complexity index is 1660. The summed E-state index contributed by atoms with van der Waals surface area (Å²) in [4.78, 5) is 58.5. The molecular formula is C40H53Cl2N5O9. The molecule has 16 heteroatoms. The Morgan fingerprint density at radius 3 is 2.18 bits per heavy atom. The van der Waals surface area contributed by atoms with Crippen molar-refractivity contribution in [2.45, 2.75) is 70.6 Å². The molecular weight excluding hydrogens is 765 g/mol. The zero-order chi connectivity index (χ0) is 40.9. The minimum Gasteiger partial charge on any atom is -0.491 e. The fourth-order valence-electron chi connectivity index (χ4n) is 5.29. The second-order valence-electron chi connectivity index (χ2n) is 13.7. The van der Waals surface area contributed by atoms with Crippen LogP contribution in [0.15, 0.2) is 66.9 Å². The number of carbonyl (C=O) groups excluding carboxylic acids is 4. The molecule has 2 aromatic carbocycles. The first-order valence-electron chi connectivity index (χ1n) is 18.4. The number of hydrogen-bond acceptors (Lipinski definition) is 11. The van der Waals surface area contributed by atoms with Gasteiger partial charge in [0.25, 0.3) is 0 Å². The fourth-order valence-corrected chi connectivity index (χ4v) is 5.84. The monoisotopic (exact) mass is 817 g/mol. The first-order chi connectivity index (χ1) is 26.8. The Balaban J connectivity index is 1.70. The molecule has 0 aliphatic rings. The molecule has 0 fully saturated rings. The number of rotatable bonds is 23. The van der Waals surface area contributed by atoms with E-state index in [9.17, 15) is 19.2 Å². The van der Waals surface area contributed by atoms with Crippen LogP contribution in [0.1, 0.15) is 63.6 Å². The van der Waals surface area contributed by atoms with Gasteiger partial charge >= 0.3 is 12.1 Å². The standard InChI is InChI=1S/C40H53Cl2N5O9/c1-40(2,3)56-39(51)47(35-9-5-7-16-44-35)17-8-6-10-36(48)45-34(23-28-11-13-32(14-12-28)55-22-21-54-20-19-53-18-15-43)38(50)46-33(27-37(49)52-4)29-24-30(41)26-31(42)25-29/h5,7,9,11-14,16,24-26,33-34H,6,8,10,15,17-23,27,43H2,1-4H3,(H,45,48)(H,46,50)/t33?,34-/m0/s1. The Morgan fingerprint density at radius 1 is 0.875 bits per heavy atom. The summed E-state index contributed by atoms with van der Waals surface area (Å²) in [6.07, 6.45) is 1.87. The molecule has 1 heterocycles. The molecule has 0 bridgehead atoms. The summed E-state index contributed by atoms with van der Waals surface area (Å²) in [7, 11) is 1.25.